The van der Waals surface area contributed by atoms with Gasteiger partial charge in [0.25, 0.3) is 5.56 Å². The first-order chi connectivity index (χ1) is 14.0. The van der Waals surface area contributed by atoms with Crippen molar-refractivity contribution in [2.45, 2.75) is 38.8 Å². The van der Waals surface area contributed by atoms with Crippen LogP contribution < -0.4 is 16.2 Å². The number of nitrogens with zero attached hydrogens (tertiary/aromatic N) is 1. The fourth-order valence-electron chi connectivity index (χ4n) is 3.24. The maximum absolute atomic E-state index is 12.6. The van der Waals surface area contributed by atoms with E-state index in [0.717, 1.165) is 33.6 Å². The number of nitrogens with two attached hydrogens (primary N) is 1. The molecule has 0 radical (unpaired) electrons. The molecule has 3 aromatic rings. The van der Waals surface area contributed by atoms with E-state index in [1.165, 1.54) is 4.57 Å². The lowest BCUT2D eigenvalue weighted by atomic mass is 10.0. The highest BCUT2D eigenvalue weighted by molar-refractivity contribution is 7.16. The molecule has 0 saturated heterocycles. The monoisotopic (exact) mass is 412 g/mol. The lowest BCUT2D eigenvalue weighted by Gasteiger charge is -2.13. The van der Waals surface area contributed by atoms with Crippen molar-refractivity contribution >= 4 is 27.3 Å². The van der Waals surface area contributed by atoms with Gasteiger partial charge in [0, 0.05) is 24.3 Å². The summed E-state index contributed by atoms with van der Waals surface area (Å²) in [5.74, 6) is -0.466. The van der Waals surface area contributed by atoms with Crippen LogP contribution in [0.3, 0.4) is 0 Å². The molecule has 0 aliphatic rings. The predicted molar refractivity (Wildman–Crippen MR) is 115 cm³/mol. The Bertz CT molecular complexity index is 1100. The Labute approximate surface area is 172 Å². The van der Waals surface area contributed by atoms with Crippen LogP contribution in [0.2, 0.25) is 0 Å². The first-order valence-corrected chi connectivity index (χ1v) is 10.4. The highest BCUT2D eigenvalue weighted by Crippen LogP contribution is 2.13. The molecule has 0 spiro atoms. The predicted octanol–water partition coefficient (Wildman–Crippen LogP) is 2.49. The number of hydrogen-bond donors (Lipinski definition) is 1. The average molecular weight is 413 g/mol. The van der Waals surface area contributed by atoms with Crippen LogP contribution in [0.4, 0.5) is 0 Å². The van der Waals surface area contributed by atoms with Crippen molar-refractivity contribution in [1.82, 2.24) is 4.57 Å². The van der Waals surface area contributed by atoms with Crippen LogP contribution >= 0.6 is 11.3 Å². The summed E-state index contributed by atoms with van der Waals surface area (Å²) in [6.07, 6.45) is 1.25. The summed E-state index contributed by atoms with van der Waals surface area (Å²) in [6.45, 7) is 2.64. The average Bonchev–Trinajstić information content (AvgIpc) is 2.71. The van der Waals surface area contributed by atoms with Gasteiger partial charge in [0.1, 0.15) is 6.10 Å². The molecule has 0 aliphatic carbocycles. The van der Waals surface area contributed by atoms with Gasteiger partial charge in [-0.1, -0.05) is 47.7 Å². The summed E-state index contributed by atoms with van der Waals surface area (Å²) in [7, 11) is 0. The highest BCUT2D eigenvalue weighted by Gasteiger charge is 2.15. The molecule has 29 heavy (non-hydrogen) atoms. The van der Waals surface area contributed by atoms with E-state index in [-0.39, 0.29) is 10.4 Å². The summed E-state index contributed by atoms with van der Waals surface area (Å²) in [5, 5.41) is 0.583. The van der Waals surface area contributed by atoms with E-state index in [0.29, 0.717) is 31.4 Å². The van der Waals surface area contributed by atoms with E-state index < -0.39 is 12.0 Å². The SMILES string of the molecule is CCOC(Cc1ccc(CCCn2c(=O)sc3ccccc3c2=O)cc1)C(N)=O. The Morgan fingerprint density at radius 2 is 1.79 bits per heavy atom. The van der Waals surface area contributed by atoms with Gasteiger partial charge in [0.2, 0.25) is 5.91 Å². The van der Waals surface area contributed by atoms with Crippen molar-refractivity contribution in [3.8, 4) is 0 Å². The Hall–Kier alpha value is -2.77. The molecule has 0 aliphatic heterocycles. The van der Waals surface area contributed by atoms with Crippen LogP contribution in [0, 0.1) is 0 Å². The summed E-state index contributed by atoms with van der Waals surface area (Å²) in [5.41, 5.74) is 7.21. The maximum atomic E-state index is 12.6. The minimum atomic E-state index is -0.623. The summed E-state index contributed by atoms with van der Waals surface area (Å²) >= 11 is 1.10. The van der Waals surface area contributed by atoms with Crippen LogP contribution in [0.1, 0.15) is 24.5 Å². The molecule has 1 heterocycles. The Morgan fingerprint density at radius 3 is 2.48 bits per heavy atom. The van der Waals surface area contributed by atoms with Crippen molar-refractivity contribution in [2.75, 3.05) is 6.61 Å². The Kier molecular flexibility index (Phi) is 6.95. The summed E-state index contributed by atoms with van der Waals surface area (Å²) < 4.78 is 7.41. The Morgan fingerprint density at radius 1 is 1.10 bits per heavy atom. The molecular weight excluding hydrogens is 388 g/mol. The second-order valence-electron chi connectivity index (χ2n) is 6.79. The number of benzene rings is 2. The van der Waals surface area contributed by atoms with Gasteiger partial charge in [-0.3, -0.25) is 19.0 Å². The van der Waals surface area contributed by atoms with Gasteiger partial charge < -0.3 is 10.5 Å². The second-order valence-corrected chi connectivity index (χ2v) is 7.78. The van der Waals surface area contributed by atoms with Gasteiger partial charge in [0.05, 0.1) is 5.39 Å². The lowest BCUT2D eigenvalue weighted by Crippen LogP contribution is -2.33. The summed E-state index contributed by atoms with van der Waals surface area (Å²) in [6, 6.07) is 15.1. The van der Waals surface area contributed by atoms with E-state index in [4.69, 9.17) is 10.5 Å². The van der Waals surface area contributed by atoms with Gasteiger partial charge in [-0.15, -0.1) is 0 Å². The number of aromatic nitrogens is 1. The van der Waals surface area contributed by atoms with E-state index >= 15 is 0 Å². The summed E-state index contributed by atoms with van der Waals surface area (Å²) in [4.78, 5) is 36.0. The first-order valence-electron chi connectivity index (χ1n) is 9.61. The zero-order valence-corrected chi connectivity index (χ0v) is 17.1. The minimum absolute atomic E-state index is 0.225. The molecule has 152 valence electrons. The van der Waals surface area contributed by atoms with Gasteiger partial charge in [-0.2, -0.15) is 0 Å². The fourth-order valence-corrected chi connectivity index (χ4v) is 4.13. The molecule has 0 fully saturated rings. The molecular formula is C22H24N2O4S. The number of amides is 1. The number of fused-ring (bicyclic) bond motifs is 1. The minimum Gasteiger partial charge on any atom is -0.368 e. The quantitative estimate of drug-likeness (QED) is 0.585. The van der Waals surface area contributed by atoms with E-state index in [1.54, 1.807) is 18.2 Å². The molecule has 1 aromatic heterocycles. The third-order valence-electron chi connectivity index (χ3n) is 4.76. The smallest absolute Gasteiger partial charge is 0.310 e. The fraction of sp³-hybridized carbons (Fsp3) is 0.318. The van der Waals surface area contributed by atoms with Crippen molar-refractivity contribution in [1.29, 1.82) is 0 Å². The van der Waals surface area contributed by atoms with Crippen molar-refractivity contribution in [3.05, 3.63) is 79.7 Å². The third kappa shape index (κ3) is 5.19. The first kappa shape index (κ1) is 21.0. The molecule has 6 nitrogen and oxygen atoms in total. The molecule has 0 saturated carbocycles. The number of rotatable bonds is 9. The number of carbonyl (C=O) groups is 1. The third-order valence-corrected chi connectivity index (χ3v) is 5.73. The van der Waals surface area contributed by atoms with Crippen LogP contribution in [0.15, 0.2) is 58.1 Å². The van der Waals surface area contributed by atoms with Crippen LogP contribution in [-0.4, -0.2) is 23.2 Å². The number of primary amides is 1. The number of aryl methyl sites for hydroxylation is 1. The number of hydrogen-bond acceptors (Lipinski definition) is 5. The van der Waals surface area contributed by atoms with Crippen LogP contribution in [0.5, 0.6) is 0 Å². The van der Waals surface area contributed by atoms with Gasteiger partial charge in [-0.05, 0) is 43.0 Å². The van der Waals surface area contributed by atoms with Crippen molar-refractivity contribution < 1.29 is 9.53 Å². The molecule has 1 amide bonds. The molecule has 1 unspecified atom stereocenters. The second kappa shape index (κ2) is 9.62. The van der Waals surface area contributed by atoms with Crippen molar-refractivity contribution in [3.63, 3.8) is 0 Å². The molecule has 3 rings (SSSR count). The topological polar surface area (TPSA) is 91.4 Å². The molecule has 1 atom stereocenters. The van der Waals surface area contributed by atoms with Gasteiger partial charge in [0.15, 0.2) is 0 Å². The normalized spacial score (nSPS) is 12.2. The Balaban J connectivity index is 1.63. The molecule has 0 bridgehead atoms. The zero-order valence-electron chi connectivity index (χ0n) is 16.3. The van der Waals surface area contributed by atoms with Crippen LogP contribution in [0.25, 0.3) is 10.1 Å². The van der Waals surface area contributed by atoms with E-state index in [2.05, 4.69) is 0 Å². The van der Waals surface area contributed by atoms with E-state index in [1.807, 2.05) is 37.3 Å². The molecule has 2 N–H and O–H groups in total. The number of carbonyl (C=O) groups excluding carboxylic acids is 1. The van der Waals surface area contributed by atoms with Crippen molar-refractivity contribution in [2.24, 2.45) is 5.73 Å². The molecule has 2 aromatic carbocycles. The zero-order chi connectivity index (χ0) is 20.8. The highest BCUT2D eigenvalue weighted by atomic mass is 32.1. The van der Waals surface area contributed by atoms with E-state index in [9.17, 15) is 14.4 Å². The largest absolute Gasteiger partial charge is 0.368 e. The standard InChI is InChI=1S/C22H24N2O4S/c1-2-28-18(20(23)25)14-16-11-9-15(10-12-16)6-5-13-24-21(26)17-7-3-4-8-19(17)29-22(24)27/h3-4,7-12,18H,2,5-6,13-14H2,1H3,(H2,23,25). The number of ether oxygens (including phenoxy) is 1. The van der Waals surface area contributed by atoms with Crippen LogP contribution in [-0.2, 0) is 28.9 Å². The maximum Gasteiger partial charge on any atom is 0.310 e. The van der Waals surface area contributed by atoms with Gasteiger partial charge in [-0.25, -0.2) is 0 Å². The van der Waals surface area contributed by atoms with Gasteiger partial charge >= 0.3 is 4.87 Å². The lowest BCUT2D eigenvalue weighted by molar-refractivity contribution is -0.129. The molecule has 7 heteroatoms.